The van der Waals surface area contributed by atoms with Crippen molar-refractivity contribution in [3.05, 3.63) is 11.4 Å². The Balaban J connectivity index is 3.20. The van der Waals surface area contributed by atoms with Gasteiger partial charge in [-0.3, -0.25) is 4.68 Å². The molecule has 0 saturated carbocycles. The van der Waals surface area contributed by atoms with Crippen molar-refractivity contribution in [2.45, 2.75) is 52.0 Å². The Bertz CT molecular complexity index is 537. The Kier molecular flexibility index (Phi) is 6.16. The van der Waals surface area contributed by atoms with Crippen LogP contribution in [0.4, 0.5) is 0 Å². The molecule has 1 rings (SSSR count). The summed E-state index contributed by atoms with van der Waals surface area (Å²) in [6.45, 7) is 8.54. The van der Waals surface area contributed by atoms with E-state index in [1.54, 1.807) is 18.5 Å². The number of unbranched alkanes of at least 4 members (excludes halogenated alkanes) is 1. The molecule has 0 bridgehead atoms. The fourth-order valence-corrected chi connectivity index (χ4v) is 4.14. The quantitative estimate of drug-likeness (QED) is 0.785. The fourth-order valence-electron chi connectivity index (χ4n) is 2.28. The molecule has 0 radical (unpaired) electrons. The van der Waals surface area contributed by atoms with Crippen molar-refractivity contribution in [1.82, 2.24) is 14.1 Å². The standard InChI is InChI=1S/C13H25N3O3S/c1-5-7-8-15(6-2)20(18,19)13-11(3)14-16(9-10-17)12(13)4/h17H,5-10H2,1-4H3. The van der Waals surface area contributed by atoms with Crippen LogP contribution in [0.25, 0.3) is 0 Å². The number of rotatable bonds is 8. The molecule has 0 unspecified atom stereocenters. The summed E-state index contributed by atoms with van der Waals surface area (Å²) in [6.07, 6.45) is 1.80. The second-order valence-electron chi connectivity index (χ2n) is 4.80. The molecule has 0 saturated heterocycles. The number of hydrogen-bond acceptors (Lipinski definition) is 4. The molecule has 7 heteroatoms. The van der Waals surface area contributed by atoms with Gasteiger partial charge in [0.25, 0.3) is 0 Å². The Labute approximate surface area is 121 Å². The van der Waals surface area contributed by atoms with Crippen molar-refractivity contribution in [3.8, 4) is 0 Å². The Hall–Kier alpha value is -0.920. The lowest BCUT2D eigenvalue weighted by Crippen LogP contribution is -2.32. The normalized spacial score (nSPS) is 12.3. The van der Waals surface area contributed by atoms with Crippen molar-refractivity contribution in [3.63, 3.8) is 0 Å². The minimum Gasteiger partial charge on any atom is -0.394 e. The van der Waals surface area contributed by atoms with Crippen molar-refractivity contribution < 1.29 is 13.5 Å². The monoisotopic (exact) mass is 303 g/mol. The molecule has 1 aromatic rings. The van der Waals surface area contributed by atoms with Crippen molar-refractivity contribution >= 4 is 10.0 Å². The molecule has 1 aromatic heterocycles. The van der Waals surface area contributed by atoms with Crippen LogP contribution in [0.3, 0.4) is 0 Å². The lowest BCUT2D eigenvalue weighted by atomic mass is 10.3. The van der Waals surface area contributed by atoms with Gasteiger partial charge in [0.15, 0.2) is 0 Å². The average Bonchev–Trinajstić information content (AvgIpc) is 2.66. The number of aryl methyl sites for hydroxylation is 1. The highest BCUT2D eigenvalue weighted by Crippen LogP contribution is 2.23. The second kappa shape index (κ2) is 7.19. The number of aliphatic hydroxyl groups excluding tert-OH is 1. The van der Waals surface area contributed by atoms with Gasteiger partial charge in [0.1, 0.15) is 4.90 Å². The first-order valence-electron chi connectivity index (χ1n) is 7.05. The van der Waals surface area contributed by atoms with Gasteiger partial charge in [0.05, 0.1) is 24.5 Å². The van der Waals surface area contributed by atoms with Crippen LogP contribution in [-0.4, -0.2) is 47.3 Å². The van der Waals surface area contributed by atoms with E-state index in [2.05, 4.69) is 5.10 Å². The number of aromatic nitrogens is 2. The van der Waals surface area contributed by atoms with Gasteiger partial charge in [0.2, 0.25) is 10.0 Å². The van der Waals surface area contributed by atoms with E-state index in [0.29, 0.717) is 31.0 Å². The van der Waals surface area contributed by atoms with Crippen LogP contribution in [0.5, 0.6) is 0 Å². The topological polar surface area (TPSA) is 75.4 Å². The summed E-state index contributed by atoms with van der Waals surface area (Å²) in [5.41, 5.74) is 1.08. The molecule has 0 aromatic carbocycles. The molecule has 1 N–H and O–H groups in total. The zero-order chi connectivity index (χ0) is 15.3. The van der Waals surface area contributed by atoms with Gasteiger partial charge >= 0.3 is 0 Å². The van der Waals surface area contributed by atoms with E-state index < -0.39 is 10.0 Å². The molecule has 0 aliphatic heterocycles. The van der Waals surface area contributed by atoms with E-state index in [4.69, 9.17) is 5.11 Å². The van der Waals surface area contributed by atoms with Crippen LogP contribution >= 0.6 is 0 Å². The van der Waals surface area contributed by atoms with E-state index in [9.17, 15) is 8.42 Å². The Morgan fingerprint density at radius 2 is 1.95 bits per heavy atom. The first kappa shape index (κ1) is 17.1. The van der Waals surface area contributed by atoms with Gasteiger partial charge in [-0.25, -0.2) is 8.42 Å². The van der Waals surface area contributed by atoms with Crippen LogP contribution in [0.1, 0.15) is 38.1 Å². The number of aliphatic hydroxyl groups is 1. The predicted molar refractivity (Wildman–Crippen MR) is 78.1 cm³/mol. The van der Waals surface area contributed by atoms with Crippen LogP contribution < -0.4 is 0 Å². The predicted octanol–water partition coefficient (Wildman–Crippen LogP) is 1.30. The molecule has 6 nitrogen and oxygen atoms in total. The fraction of sp³-hybridized carbons (Fsp3) is 0.769. The minimum atomic E-state index is -3.51. The molecule has 0 fully saturated rings. The molecular formula is C13H25N3O3S. The van der Waals surface area contributed by atoms with Gasteiger partial charge < -0.3 is 5.11 Å². The smallest absolute Gasteiger partial charge is 0.246 e. The average molecular weight is 303 g/mol. The molecule has 0 atom stereocenters. The van der Waals surface area contributed by atoms with Crippen LogP contribution in [0.2, 0.25) is 0 Å². The maximum atomic E-state index is 12.7. The Morgan fingerprint density at radius 1 is 1.30 bits per heavy atom. The zero-order valence-corrected chi connectivity index (χ0v) is 13.6. The third-order valence-electron chi connectivity index (χ3n) is 3.34. The van der Waals surface area contributed by atoms with Crippen molar-refractivity contribution in [1.29, 1.82) is 0 Å². The SMILES string of the molecule is CCCCN(CC)S(=O)(=O)c1c(C)nn(CCO)c1C. The molecule has 0 aliphatic carbocycles. The maximum Gasteiger partial charge on any atom is 0.246 e. The summed E-state index contributed by atoms with van der Waals surface area (Å²) >= 11 is 0. The van der Waals surface area contributed by atoms with Crippen LogP contribution in [0.15, 0.2) is 4.90 Å². The lowest BCUT2D eigenvalue weighted by Gasteiger charge is -2.20. The van der Waals surface area contributed by atoms with Crippen LogP contribution in [-0.2, 0) is 16.6 Å². The van der Waals surface area contributed by atoms with E-state index in [1.165, 1.54) is 4.31 Å². The van der Waals surface area contributed by atoms with Crippen LogP contribution in [0, 0.1) is 13.8 Å². The molecule has 1 heterocycles. The summed E-state index contributed by atoms with van der Waals surface area (Å²) < 4.78 is 28.5. The van der Waals surface area contributed by atoms with E-state index in [1.807, 2.05) is 13.8 Å². The molecule has 20 heavy (non-hydrogen) atoms. The maximum absolute atomic E-state index is 12.7. The van der Waals surface area contributed by atoms with Gasteiger partial charge in [-0.05, 0) is 20.3 Å². The summed E-state index contributed by atoms with van der Waals surface area (Å²) in [5.74, 6) is 0. The molecule has 0 aliphatic rings. The molecular weight excluding hydrogens is 278 g/mol. The summed E-state index contributed by atoms with van der Waals surface area (Å²) in [4.78, 5) is 0.281. The third kappa shape index (κ3) is 3.39. The highest BCUT2D eigenvalue weighted by atomic mass is 32.2. The third-order valence-corrected chi connectivity index (χ3v) is 5.57. The first-order valence-corrected chi connectivity index (χ1v) is 8.49. The highest BCUT2D eigenvalue weighted by molar-refractivity contribution is 7.89. The highest BCUT2D eigenvalue weighted by Gasteiger charge is 2.29. The van der Waals surface area contributed by atoms with E-state index in [-0.39, 0.29) is 11.5 Å². The lowest BCUT2D eigenvalue weighted by molar-refractivity contribution is 0.267. The Morgan fingerprint density at radius 3 is 2.45 bits per heavy atom. The van der Waals surface area contributed by atoms with E-state index >= 15 is 0 Å². The van der Waals surface area contributed by atoms with Gasteiger partial charge in [-0.1, -0.05) is 20.3 Å². The number of nitrogens with zero attached hydrogens (tertiary/aromatic N) is 3. The summed E-state index contributed by atoms with van der Waals surface area (Å²) in [6, 6.07) is 0. The number of hydrogen-bond donors (Lipinski definition) is 1. The summed E-state index contributed by atoms with van der Waals surface area (Å²) in [5, 5.41) is 13.2. The van der Waals surface area contributed by atoms with E-state index in [0.717, 1.165) is 12.8 Å². The largest absolute Gasteiger partial charge is 0.394 e. The first-order chi connectivity index (χ1) is 9.39. The van der Waals surface area contributed by atoms with Crippen molar-refractivity contribution in [2.75, 3.05) is 19.7 Å². The number of sulfonamides is 1. The molecule has 116 valence electrons. The molecule has 0 spiro atoms. The summed E-state index contributed by atoms with van der Waals surface area (Å²) in [7, 11) is -3.51. The minimum absolute atomic E-state index is 0.0607. The molecule has 0 amide bonds. The van der Waals surface area contributed by atoms with Crippen molar-refractivity contribution in [2.24, 2.45) is 0 Å². The van der Waals surface area contributed by atoms with Gasteiger partial charge in [0, 0.05) is 13.1 Å². The van der Waals surface area contributed by atoms with Gasteiger partial charge in [-0.2, -0.15) is 9.40 Å². The van der Waals surface area contributed by atoms with Gasteiger partial charge in [-0.15, -0.1) is 0 Å². The second-order valence-corrected chi connectivity index (χ2v) is 6.67. The zero-order valence-electron chi connectivity index (χ0n) is 12.8.